The summed E-state index contributed by atoms with van der Waals surface area (Å²) in [6.45, 7) is 4.71. The molecule has 0 spiro atoms. The normalized spacial score (nSPS) is 10.8. The van der Waals surface area contributed by atoms with Gasteiger partial charge in [0, 0.05) is 17.9 Å². The summed E-state index contributed by atoms with van der Waals surface area (Å²) < 4.78 is 12.7. The molecule has 30 heavy (non-hydrogen) atoms. The molecule has 0 aliphatic carbocycles. The van der Waals surface area contributed by atoms with Gasteiger partial charge in [0.1, 0.15) is 5.76 Å². The minimum Gasteiger partial charge on any atom is -0.467 e. The molecule has 0 aliphatic rings. The fourth-order valence-electron chi connectivity index (χ4n) is 2.96. The number of hydrogen-bond acceptors (Lipinski definition) is 6. The van der Waals surface area contributed by atoms with E-state index in [0.29, 0.717) is 41.8 Å². The Morgan fingerprint density at radius 3 is 2.70 bits per heavy atom. The third-order valence-corrected chi connectivity index (χ3v) is 5.41. The lowest BCUT2D eigenvalue weighted by atomic mass is 10.1. The van der Waals surface area contributed by atoms with Gasteiger partial charge in [0.25, 0.3) is 5.91 Å². The molecule has 7 nitrogen and oxygen atoms in total. The first-order chi connectivity index (χ1) is 14.8. The Morgan fingerprint density at radius 2 is 1.93 bits per heavy atom. The average molecular weight is 420 g/mol. The monoisotopic (exact) mass is 420 g/mol. The summed E-state index contributed by atoms with van der Waals surface area (Å²) in [5.41, 5.74) is 1.53. The fraction of sp³-hybridized carbons (Fsp3) is 0.136. The number of allylic oxidation sites excluding steroid dienone is 1. The van der Waals surface area contributed by atoms with E-state index in [2.05, 4.69) is 22.1 Å². The van der Waals surface area contributed by atoms with E-state index in [1.54, 1.807) is 24.7 Å². The Kier molecular flexibility index (Phi) is 6.14. The van der Waals surface area contributed by atoms with Crippen LogP contribution in [0.3, 0.4) is 0 Å². The van der Waals surface area contributed by atoms with Crippen molar-refractivity contribution < 1.29 is 13.6 Å². The molecule has 3 aromatic heterocycles. The fourth-order valence-corrected chi connectivity index (χ4v) is 3.91. The topological polar surface area (TPSA) is 86.1 Å². The molecule has 0 atom stereocenters. The molecule has 152 valence electrons. The van der Waals surface area contributed by atoms with Crippen LogP contribution >= 0.6 is 11.8 Å². The number of nitrogens with one attached hydrogen (secondary N) is 1. The Morgan fingerprint density at radius 1 is 1.10 bits per heavy atom. The summed E-state index contributed by atoms with van der Waals surface area (Å²) in [4.78, 5) is 12.7. The molecular weight excluding hydrogens is 400 g/mol. The lowest BCUT2D eigenvalue weighted by Gasteiger charge is -2.10. The molecule has 1 amide bonds. The Labute approximate surface area is 177 Å². The van der Waals surface area contributed by atoms with E-state index in [0.717, 1.165) is 10.7 Å². The van der Waals surface area contributed by atoms with E-state index in [-0.39, 0.29) is 5.91 Å². The lowest BCUT2D eigenvalue weighted by Crippen LogP contribution is -2.23. The van der Waals surface area contributed by atoms with Crippen LogP contribution in [-0.2, 0) is 18.8 Å². The van der Waals surface area contributed by atoms with Crippen molar-refractivity contribution in [3.05, 3.63) is 90.6 Å². The number of thioether (sulfide) groups is 1. The number of nitrogens with zero attached hydrogens (tertiary/aromatic N) is 3. The van der Waals surface area contributed by atoms with Crippen molar-refractivity contribution in [2.75, 3.05) is 0 Å². The molecule has 1 N–H and O–H groups in total. The van der Waals surface area contributed by atoms with E-state index < -0.39 is 0 Å². The smallest absolute Gasteiger partial charge is 0.251 e. The Balaban J connectivity index is 1.49. The number of carbonyl (C=O) groups is 1. The van der Waals surface area contributed by atoms with E-state index in [4.69, 9.17) is 8.83 Å². The standard InChI is InChI=1S/C22H20N4O3S/c1-2-11-26-20(19-10-6-13-29-19)24-25-22(26)30-15-16-7-3-4-9-18(16)21(27)23-14-17-8-5-12-28-17/h2-10,12-13H,1,11,14-15H2,(H,23,27). The van der Waals surface area contributed by atoms with Crippen LogP contribution in [0.15, 0.2) is 87.7 Å². The summed E-state index contributed by atoms with van der Waals surface area (Å²) >= 11 is 1.51. The zero-order valence-electron chi connectivity index (χ0n) is 16.2. The zero-order valence-corrected chi connectivity index (χ0v) is 17.0. The third-order valence-electron chi connectivity index (χ3n) is 4.39. The summed E-state index contributed by atoms with van der Waals surface area (Å²) in [5.74, 6) is 2.42. The second kappa shape index (κ2) is 9.32. The highest BCUT2D eigenvalue weighted by Gasteiger charge is 2.17. The van der Waals surface area contributed by atoms with Gasteiger partial charge in [-0.1, -0.05) is 36.0 Å². The van der Waals surface area contributed by atoms with Gasteiger partial charge in [-0.05, 0) is 35.9 Å². The van der Waals surface area contributed by atoms with Gasteiger partial charge in [0.05, 0.1) is 19.1 Å². The van der Waals surface area contributed by atoms with Gasteiger partial charge in [-0.15, -0.1) is 16.8 Å². The number of aromatic nitrogens is 3. The van der Waals surface area contributed by atoms with Crippen molar-refractivity contribution in [1.82, 2.24) is 20.1 Å². The van der Waals surface area contributed by atoms with Crippen LogP contribution in [0.25, 0.3) is 11.6 Å². The molecule has 0 saturated heterocycles. The van der Waals surface area contributed by atoms with Gasteiger partial charge in [0.2, 0.25) is 5.82 Å². The number of carbonyl (C=O) groups excluding carboxylic acids is 1. The summed E-state index contributed by atoms with van der Waals surface area (Å²) in [5, 5.41) is 12.2. The van der Waals surface area contributed by atoms with Crippen LogP contribution in [0.1, 0.15) is 21.7 Å². The number of furan rings is 2. The van der Waals surface area contributed by atoms with E-state index in [9.17, 15) is 4.79 Å². The molecule has 0 fully saturated rings. The van der Waals surface area contributed by atoms with Crippen molar-refractivity contribution in [3.8, 4) is 11.6 Å². The van der Waals surface area contributed by atoms with Gasteiger partial charge in [-0.3, -0.25) is 9.36 Å². The Hall–Kier alpha value is -3.52. The first kappa shape index (κ1) is 19.8. The maximum absolute atomic E-state index is 12.7. The van der Waals surface area contributed by atoms with Crippen molar-refractivity contribution >= 4 is 17.7 Å². The van der Waals surface area contributed by atoms with Crippen LogP contribution in [-0.4, -0.2) is 20.7 Å². The van der Waals surface area contributed by atoms with Gasteiger partial charge < -0.3 is 14.2 Å². The molecule has 4 rings (SSSR count). The molecule has 3 heterocycles. The van der Waals surface area contributed by atoms with Crippen molar-refractivity contribution in [3.63, 3.8) is 0 Å². The predicted molar refractivity (Wildman–Crippen MR) is 114 cm³/mol. The van der Waals surface area contributed by atoms with E-state index >= 15 is 0 Å². The summed E-state index contributed by atoms with van der Waals surface area (Å²) in [7, 11) is 0. The van der Waals surface area contributed by atoms with Crippen molar-refractivity contribution in [2.45, 2.75) is 24.0 Å². The third kappa shape index (κ3) is 4.38. The molecule has 8 heteroatoms. The first-order valence-electron chi connectivity index (χ1n) is 9.35. The second-order valence-corrected chi connectivity index (χ2v) is 7.33. The van der Waals surface area contributed by atoms with E-state index in [1.165, 1.54) is 11.8 Å². The number of benzene rings is 1. The van der Waals surface area contributed by atoms with Crippen LogP contribution in [0.5, 0.6) is 0 Å². The van der Waals surface area contributed by atoms with Gasteiger partial charge in [-0.25, -0.2) is 0 Å². The van der Waals surface area contributed by atoms with Gasteiger partial charge >= 0.3 is 0 Å². The largest absolute Gasteiger partial charge is 0.467 e. The number of amides is 1. The molecule has 0 bridgehead atoms. The first-order valence-corrected chi connectivity index (χ1v) is 10.3. The molecule has 0 saturated carbocycles. The van der Waals surface area contributed by atoms with Crippen LogP contribution < -0.4 is 5.32 Å². The molecule has 4 aromatic rings. The number of hydrogen-bond donors (Lipinski definition) is 1. The highest BCUT2D eigenvalue weighted by atomic mass is 32.2. The maximum atomic E-state index is 12.7. The van der Waals surface area contributed by atoms with Crippen LogP contribution in [0, 0.1) is 0 Å². The quantitative estimate of drug-likeness (QED) is 0.316. The summed E-state index contributed by atoms with van der Waals surface area (Å²) in [6.07, 6.45) is 4.98. The minimum atomic E-state index is -0.147. The zero-order chi connectivity index (χ0) is 20.8. The SMILES string of the molecule is C=CCn1c(SCc2ccccc2C(=O)NCc2ccco2)nnc1-c1ccco1. The Bertz CT molecular complexity index is 1120. The predicted octanol–water partition coefficient (Wildman–Crippen LogP) is 4.54. The molecule has 0 unspecified atom stereocenters. The van der Waals surface area contributed by atoms with E-state index in [1.807, 2.05) is 47.0 Å². The highest BCUT2D eigenvalue weighted by Crippen LogP contribution is 2.27. The maximum Gasteiger partial charge on any atom is 0.251 e. The van der Waals surface area contributed by atoms with Crippen LogP contribution in [0.2, 0.25) is 0 Å². The molecular formula is C22H20N4O3S. The average Bonchev–Trinajstić information content (AvgIpc) is 3.53. The number of rotatable bonds is 9. The van der Waals surface area contributed by atoms with Gasteiger partial charge in [0.15, 0.2) is 10.9 Å². The van der Waals surface area contributed by atoms with Gasteiger partial charge in [-0.2, -0.15) is 0 Å². The molecule has 0 radical (unpaired) electrons. The van der Waals surface area contributed by atoms with Crippen LogP contribution in [0.4, 0.5) is 0 Å². The summed E-state index contributed by atoms with van der Waals surface area (Å²) in [6, 6.07) is 14.8. The molecule has 1 aromatic carbocycles. The molecule has 0 aliphatic heterocycles. The minimum absolute atomic E-state index is 0.147. The highest BCUT2D eigenvalue weighted by molar-refractivity contribution is 7.98. The van der Waals surface area contributed by atoms with Crippen molar-refractivity contribution in [1.29, 1.82) is 0 Å². The second-order valence-electron chi connectivity index (χ2n) is 6.39. The van der Waals surface area contributed by atoms with Crippen molar-refractivity contribution in [2.24, 2.45) is 0 Å². The lowest BCUT2D eigenvalue weighted by molar-refractivity contribution is 0.0947.